The van der Waals surface area contributed by atoms with E-state index in [1.165, 1.54) is 23.9 Å². The van der Waals surface area contributed by atoms with E-state index < -0.39 is 17.8 Å². The maximum atomic E-state index is 13.3. The third-order valence-electron chi connectivity index (χ3n) is 8.66. The Morgan fingerprint density at radius 2 is 1.60 bits per heavy atom. The number of nitrogens with one attached hydrogen (secondary N) is 1. The number of para-hydroxylation sites is 1. The van der Waals surface area contributed by atoms with Crippen LogP contribution in [-0.4, -0.2) is 96.8 Å². The van der Waals surface area contributed by atoms with Crippen molar-refractivity contribution < 1.29 is 23.1 Å². The molecular formula is C32H46Cl3F3N6O3S. The number of fused-ring (bicyclic) bond motifs is 2. The number of halogens is 6. The van der Waals surface area contributed by atoms with Crippen LogP contribution in [0.2, 0.25) is 0 Å². The molecule has 5 rings (SSSR count). The average molecular weight is 758 g/mol. The van der Waals surface area contributed by atoms with Gasteiger partial charge in [0.25, 0.3) is 0 Å². The van der Waals surface area contributed by atoms with Gasteiger partial charge in [0.05, 0.1) is 35.4 Å². The van der Waals surface area contributed by atoms with Crippen LogP contribution in [-0.2, 0) is 6.18 Å². The molecule has 1 saturated carbocycles. The number of piperazine rings is 1. The van der Waals surface area contributed by atoms with Crippen LogP contribution in [0.5, 0.6) is 0 Å². The number of urea groups is 1. The summed E-state index contributed by atoms with van der Waals surface area (Å²) in [4.78, 5) is 30.6. The molecular weight excluding hydrogens is 712 g/mol. The Kier molecular flexibility index (Phi) is 18.1. The molecule has 0 atom stereocenters. The number of β-amino-alcohol motifs (C(OH)–C–C–N with tert-alkyl or cyclic N) is 1. The van der Waals surface area contributed by atoms with Gasteiger partial charge in [-0.2, -0.15) is 18.2 Å². The summed E-state index contributed by atoms with van der Waals surface area (Å²) in [5.41, 5.74) is 1.01. The molecule has 16 heteroatoms. The maximum absolute atomic E-state index is 13.3. The molecule has 1 aliphatic carbocycles. The van der Waals surface area contributed by atoms with Crippen molar-refractivity contribution in [2.24, 2.45) is 11.2 Å². The van der Waals surface area contributed by atoms with E-state index >= 15 is 0 Å². The number of nitroso groups, excluding NO2 is 1. The van der Waals surface area contributed by atoms with Crippen LogP contribution in [0.1, 0.15) is 44.6 Å². The first-order valence-electron chi connectivity index (χ1n) is 15.9. The predicted molar refractivity (Wildman–Crippen MR) is 191 cm³/mol. The molecule has 2 aromatic carbocycles. The first-order chi connectivity index (χ1) is 22.1. The minimum absolute atomic E-state index is 0. The minimum atomic E-state index is -4.35. The van der Waals surface area contributed by atoms with E-state index in [2.05, 4.69) is 27.3 Å². The van der Waals surface area contributed by atoms with Gasteiger partial charge in [-0.25, -0.2) is 4.79 Å². The molecule has 2 amide bonds. The number of aliphatic hydroxyl groups is 1. The summed E-state index contributed by atoms with van der Waals surface area (Å²) in [6.07, 6.45) is 0.705. The highest BCUT2D eigenvalue weighted by Gasteiger charge is 2.33. The number of rotatable bonds is 10. The zero-order valence-electron chi connectivity index (χ0n) is 27.0. The number of alkyl halides is 4. The maximum Gasteiger partial charge on any atom is 0.416 e. The van der Waals surface area contributed by atoms with Gasteiger partial charge < -0.3 is 20.2 Å². The summed E-state index contributed by atoms with van der Waals surface area (Å²) in [6, 6.07) is 11.7. The number of anilines is 2. The Morgan fingerprint density at radius 3 is 2.21 bits per heavy atom. The molecule has 0 spiro atoms. The van der Waals surface area contributed by atoms with Crippen molar-refractivity contribution in [1.29, 1.82) is 0 Å². The summed E-state index contributed by atoms with van der Waals surface area (Å²) in [5, 5.41) is 15.4. The van der Waals surface area contributed by atoms with Gasteiger partial charge in [-0.05, 0) is 74.9 Å². The lowest BCUT2D eigenvalue weighted by atomic mass is 9.87. The molecule has 2 N–H and O–H groups in total. The highest BCUT2D eigenvalue weighted by atomic mass is 35.5. The number of aliphatic hydroxyl groups excluding tert-OH is 1. The van der Waals surface area contributed by atoms with Crippen molar-refractivity contribution in [2.75, 3.05) is 69.7 Å². The van der Waals surface area contributed by atoms with Crippen molar-refractivity contribution in [3.8, 4) is 0 Å². The van der Waals surface area contributed by atoms with Gasteiger partial charge in [0.1, 0.15) is 0 Å². The minimum Gasteiger partial charge on any atom is -0.395 e. The number of amides is 2. The van der Waals surface area contributed by atoms with E-state index in [9.17, 15) is 22.9 Å². The first kappa shape index (κ1) is 42.2. The average Bonchev–Trinajstić information content (AvgIpc) is 3.05. The fourth-order valence-electron chi connectivity index (χ4n) is 5.99. The van der Waals surface area contributed by atoms with Crippen molar-refractivity contribution in [3.05, 3.63) is 52.9 Å². The van der Waals surface area contributed by atoms with E-state index in [-0.39, 0.29) is 49.9 Å². The van der Waals surface area contributed by atoms with Gasteiger partial charge in [0.15, 0.2) is 0 Å². The van der Waals surface area contributed by atoms with Crippen molar-refractivity contribution in [3.63, 3.8) is 0 Å². The van der Waals surface area contributed by atoms with Crippen LogP contribution in [0.25, 0.3) is 0 Å². The Hall–Kier alpha value is -2.00. The normalized spacial score (nSPS) is 19.3. The van der Waals surface area contributed by atoms with E-state index in [1.54, 1.807) is 6.07 Å². The van der Waals surface area contributed by atoms with Gasteiger partial charge in [-0.1, -0.05) is 30.8 Å². The number of carbonyl (C=O) groups excluding carboxylic acids is 1. The second-order valence-electron chi connectivity index (χ2n) is 12.0. The molecule has 0 bridgehead atoms. The van der Waals surface area contributed by atoms with Crippen LogP contribution < -0.4 is 10.2 Å². The third-order valence-corrected chi connectivity index (χ3v) is 9.96. The molecule has 0 radical (unpaired) electrons. The molecule has 9 nitrogen and oxygen atoms in total. The second-order valence-corrected chi connectivity index (χ2v) is 13.4. The number of nitrogens with zero attached hydrogens (tertiary/aromatic N) is 5. The number of carbonyl (C=O) groups is 1. The largest absolute Gasteiger partial charge is 0.416 e. The zero-order chi connectivity index (χ0) is 33.1. The quantitative estimate of drug-likeness (QED) is 0.146. The number of benzene rings is 2. The number of hydrogen-bond donors (Lipinski definition) is 2. The van der Waals surface area contributed by atoms with Crippen LogP contribution in [0, 0.1) is 10.8 Å². The topological polar surface area (TPSA) is 91.7 Å². The zero-order valence-corrected chi connectivity index (χ0v) is 30.2. The molecule has 0 unspecified atom stereocenters. The molecule has 48 heavy (non-hydrogen) atoms. The molecule has 0 aromatic heterocycles. The lowest BCUT2D eigenvalue weighted by Crippen LogP contribution is -2.47. The summed E-state index contributed by atoms with van der Waals surface area (Å²) >= 11 is 6.99. The van der Waals surface area contributed by atoms with Gasteiger partial charge in [-0.3, -0.25) is 4.90 Å². The highest BCUT2D eigenvalue weighted by Crippen LogP contribution is 2.49. The summed E-state index contributed by atoms with van der Waals surface area (Å²) in [5.74, 6) is 0.942. The monoisotopic (exact) mass is 756 g/mol. The van der Waals surface area contributed by atoms with Gasteiger partial charge >= 0.3 is 12.2 Å². The van der Waals surface area contributed by atoms with E-state index in [0.717, 1.165) is 91.2 Å². The highest BCUT2D eigenvalue weighted by molar-refractivity contribution is 7.99. The third kappa shape index (κ3) is 12.1. The van der Waals surface area contributed by atoms with Crippen LogP contribution >= 0.6 is 48.2 Å². The van der Waals surface area contributed by atoms with Gasteiger partial charge in [-0.15, -0.1) is 41.3 Å². The Bertz CT molecular complexity index is 1290. The summed E-state index contributed by atoms with van der Waals surface area (Å²) in [6.45, 7) is 8.66. The van der Waals surface area contributed by atoms with E-state index in [4.69, 9.17) is 16.7 Å². The lowest BCUT2D eigenvalue weighted by molar-refractivity contribution is -0.137. The molecule has 2 heterocycles. The molecule has 2 aliphatic heterocycles. The van der Waals surface area contributed by atoms with E-state index in [0.29, 0.717) is 18.8 Å². The Morgan fingerprint density at radius 1 is 0.979 bits per heavy atom. The Labute approximate surface area is 302 Å². The predicted octanol–water partition coefficient (Wildman–Crippen LogP) is 7.65. The fraction of sp³-hybridized carbons (Fsp3) is 0.594. The smallest absolute Gasteiger partial charge is 0.395 e. The van der Waals surface area contributed by atoms with E-state index in [1.807, 2.05) is 29.2 Å². The molecule has 2 fully saturated rings. The second kappa shape index (κ2) is 20.6. The molecule has 2 aromatic rings. The van der Waals surface area contributed by atoms with Crippen LogP contribution in [0.15, 0.2) is 57.5 Å². The van der Waals surface area contributed by atoms with Crippen molar-refractivity contribution in [1.82, 2.24) is 20.1 Å². The summed E-state index contributed by atoms with van der Waals surface area (Å²) < 4.78 is 39.9. The van der Waals surface area contributed by atoms with Crippen LogP contribution in [0.4, 0.5) is 29.3 Å². The molecule has 270 valence electrons. The van der Waals surface area contributed by atoms with Crippen molar-refractivity contribution >= 4 is 65.6 Å². The molecule has 1 saturated heterocycles. The van der Waals surface area contributed by atoms with Crippen molar-refractivity contribution in [2.45, 2.75) is 61.0 Å². The van der Waals surface area contributed by atoms with Crippen LogP contribution in [0.3, 0.4) is 0 Å². The fourth-order valence-corrected chi connectivity index (χ4v) is 7.23. The first-order valence-corrected chi connectivity index (χ1v) is 17.3. The Balaban J connectivity index is 0.000000381. The van der Waals surface area contributed by atoms with Gasteiger partial charge in [0, 0.05) is 61.0 Å². The SMILES string of the molecule is CC1CCC(NC(=O)N(CCCl)N=O)CC1.Cl.Cl.OCCN1CCN(CCCN2c3ccccc3Sc3ccc(C(F)(F)F)cc32)CC1. The lowest BCUT2D eigenvalue weighted by Gasteiger charge is -2.36. The molecule has 3 aliphatic rings. The number of hydrogen-bond acceptors (Lipinski definition) is 8. The van der Waals surface area contributed by atoms with Gasteiger partial charge in [0.2, 0.25) is 0 Å². The standard InChI is InChI=1S/C22H26F3N3OS.C10H18ClN3O2.2ClH/c23-22(24,25)17-6-7-21-19(16-17)28(18-4-1-2-5-20(18)30-21)9-3-8-26-10-12-27(13-11-26)14-15-29;1-8-2-4-9(5-3-8)12-10(15)14(13-16)7-6-11;;/h1-2,4-7,16,29H,3,8-15H2;8-9H,2-7H2,1H3,(H,12,15);2*1H. The summed E-state index contributed by atoms with van der Waals surface area (Å²) in [7, 11) is 0.